The molecule has 3 N–H and O–H groups in total. The van der Waals surface area contributed by atoms with E-state index in [2.05, 4.69) is 15.9 Å². The molecule has 4 heteroatoms. The Morgan fingerprint density at radius 3 is 2.82 bits per heavy atom. The molecule has 0 aromatic carbocycles. The second-order valence-corrected chi connectivity index (χ2v) is 3.12. The van der Waals surface area contributed by atoms with Gasteiger partial charge < -0.3 is 15.3 Å². The largest absolute Gasteiger partial charge is 0.471 e. The van der Waals surface area contributed by atoms with E-state index in [0.717, 1.165) is 10.0 Å². The van der Waals surface area contributed by atoms with Crippen LogP contribution in [0.15, 0.2) is 21.4 Å². The van der Waals surface area contributed by atoms with E-state index in [1.807, 2.05) is 0 Å². The topological polar surface area (TPSA) is 59.4 Å². The molecule has 0 aliphatic rings. The molecule has 0 spiro atoms. The molecule has 0 saturated carbocycles. The van der Waals surface area contributed by atoms with E-state index < -0.39 is 6.10 Å². The number of nitrogens with two attached hydrogens (primary N) is 1. The van der Waals surface area contributed by atoms with Gasteiger partial charge in [0.15, 0.2) is 0 Å². The van der Waals surface area contributed by atoms with E-state index >= 15 is 0 Å². The summed E-state index contributed by atoms with van der Waals surface area (Å²) in [7, 11) is 0. The first-order valence-electron chi connectivity index (χ1n) is 3.35. The summed E-state index contributed by atoms with van der Waals surface area (Å²) in [6, 6.07) is 0. The summed E-state index contributed by atoms with van der Waals surface area (Å²) < 4.78 is 5.66. The fraction of sp³-hybridized carbons (Fsp3) is 0.429. The van der Waals surface area contributed by atoms with Crippen LogP contribution in [0.1, 0.15) is 18.1 Å². The van der Waals surface area contributed by atoms with Crippen molar-refractivity contribution < 1.29 is 9.52 Å². The lowest BCUT2D eigenvalue weighted by Crippen LogP contribution is -2.06. The van der Waals surface area contributed by atoms with Gasteiger partial charge in [-0.1, -0.05) is 0 Å². The Balaban J connectivity index is 2.67. The van der Waals surface area contributed by atoms with Crippen LogP contribution in [0.25, 0.3) is 0 Å². The van der Waals surface area contributed by atoms with Crippen LogP contribution < -0.4 is 5.73 Å². The molecule has 1 atom stereocenters. The predicted molar refractivity (Wildman–Crippen MR) is 45.0 cm³/mol. The highest BCUT2D eigenvalue weighted by molar-refractivity contribution is 9.10. The summed E-state index contributed by atoms with van der Waals surface area (Å²) >= 11 is 3.24. The fourth-order valence-corrected chi connectivity index (χ4v) is 1.31. The Morgan fingerprint density at radius 1 is 1.64 bits per heavy atom. The molecular weight excluding hydrogens is 210 g/mol. The van der Waals surface area contributed by atoms with Crippen LogP contribution in [0.2, 0.25) is 0 Å². The summed E-state index contributed by atoms with van der Waals surface area (Å²) in [5.41, 5.74) is 6.04. The van der Waals surface area contributed by atoms with Gasteiger partial charge in [0.25, 0.3) is 0 Å². The van der Waals surface area contributed by atoms with Crippen LogP contribution in [0.5, 0.6) is 0 Å². The molecule has 3 nitrogen and oxygen atoms in total. The van der Waals surface area contributed by atoms with Crippen molar-refractivity contribution in [3.8, 4) is 0 Å². The zero-order valence-electron chi connectivity index (χ0n) is 5.96. The molecule has 1 aromatic rings. The van der Waals surface area contributed by atoms with Gasteiger partial charge >= 0.3 is 0 Å². The minimum Gasteiger partial charge on any atom is -0.471 e. The lowest BCUT2D eigenvalue weighted by atomic mass is 10.1. The van der Waals surface area contributed by atoms with Crippen molar-refractivity contribution >= 4 is 15.9 Å². The Labute approximate surface area is 73.3 Å². The quantitative estimate of drug-likeness (QED) is 0.809. The third-order valence-corrected chi connectivity index (χ3v) is 2.09. The van der Waals surface area contributed by atoms with Crippen LogP contribution in [0.4, 0.5) is 0 Å². The van der Waals surface area contributed by atoms with Gasteiger partial charge in [0.1, 0.15) is 6.26 Å². The molecule has 1 heterocycles. The minimum atomic E-state index is -0.520. The Bertz CT molecular complexity index is 224. The molecule has 1 unspecified atom stereocenters. The van der Waals surface area contributed by atoms with Crippen LogP contribution in [0.3, 0.4) is 0 Å². The summed E-state index contributed by atoms with van der Waals surface area (Å²) in [4.78, 5) is 0. The molecular formula is C7H10BrNO2. The molecule has 0 radical (unpaired) electrons. The lowest BCUT2D eigenvalue weighted by Gasteiger charge is -2.05. The predicted octanol–water partition coefficient (Wildman–Crippen LogP) is 1.42. The summed E-state index contributed by atoms with van der Waals surface area (Å²) in [6.45, 7) is 0.471. The summed E-state index contributed by atoms with van der Waals surface area (Å²) in [6.07, 6.45) is 3.09. The highest BCUT2D eigenvalue weighted by Gasteiger charge is 2.11. The first-order valence-corrected chi connectivity index (χ1v) is 4.14. The number of hydrogen-bond donors (Lipinski definition) is 2. The van der Waals surface area contributed by atoms with Crippen molar-refractivity contribution in [3.63, 3.8) is 0 Å². The number of furan rings is 1. The van der Waals surface area contributed by atoms with Gasteiger partial charge in [0.05, 0.1) is 16.8 Å². The van der Waals surface area contributed by atoms with E-state index in [1.165, 1.54) is 12.5 Å². The van der Waals surface area contributed by atoms with Crippen LogP contribution in [-0.2, 0) is 0 Å². The Hall–Kier alpha value is -0.320. The minimum absolute atomic E-state index is 0.471. The number of halogens is 1. The standard InChI is InChI=1S/C7H10BrNO2/c8-6-4-11-3-5(6)7(10)1-2-9/h3-4,7,10H,1-2,9H2. The number of hydrogen-bond acceptors (Lipinski definition) is 3. The van der Waals surface area contributed by atoms with Crippen molar-refractivity contribution in [1.29, 1.82) is 0 Å². The molecule has 1 rings (SSSR count). The molecule has 0 aliphatic heterocycles. The van der Waals surface area contributed by atoms with Gasteiger partial charge in [-0.2, -0.15) is 0 Å². The average Bonchev–Trinajstić information content (AvgIpc) is 2.36. The Kier molecular flexibility index (Phi) is 3.11. The molecule has 62 valence electrons. The summed E-state index contributed by atoms with van der Waals surface area (Å²) in [5, 5.41) is 9.42. The molecule has 0 bridgehead atoms. The SMILES string of the molecule is NCCC(O)c1cocc1Br. The van der Waals surface area contributed by atoms with Gasteiger partial charge in [-0.05, 0) is 28.9 Å². The van der Waals surface area contributed by atoms with Crippen LogP contribution in [0, 0.1) is 0 Å². The van der Waals surface area contributed by atoms with Crippen molar-refractivity contribution in [3.05, 3.63) is 22.6 Å². The first-order chi connectivity index (χ1) is 5.25. The van der Waals surface area contributed by atoms with Gasteiger partial charge in [0, 0.05) is 5.56 Å². The van der Waals surface area contributed by atoms with Gasteiger partial charge in [0.2, 0.25) is 0 Å². The summed E-state index contributed by atoms with van der Waals surface area (Å²) in [5.74, 6) is 0. The maximum atomic E-state index is 9.42. The van der Waals surface area contributed by atoms with Gasteiger partial charge in [-0.15, -0.1) is 0 Å². The van der Waals surface area contributed by atoms with E-state index in [0.29, 0.717) is 13.0 Å². The number of aliphatic hydroxyl groups excluding tert-OH is 1. The van der Waals surface area contributed by atoms with E-state index in [-0.39, 0.29) is 0 Å². The molecule has 0 saturated heterocycles. The zero-order valence-corrected chi connectivity index (χ0v) is 7.54. The highest BCUT2D eigenvalue weighted by atomic mass is 79.9. The maximum absolute atomic E-state index is 9.42. The first kappa shape index (κ1) is 8.77. The second kappa shape index (κ2) is 3.90. The second-order valence-electron chi connectivity index (χ2n) is 2.27. The van der Waals surface area contributed by atoms with Crippen molar-refractivity contribution in [1.82, 2.24) is 0 Å². The molecule has 0 fully saturated rings. The zero-order chi connectivity index (χ0) is 8.27. The van der Waals surface area contributed by atoms with E-state index in [9.17, 15) is 5.11 Å². The number of rotatable bonds is 3. The molecule has 0 aliphatic carbocycles. The van der Waals surface area contributed by atoms with Gasteiger partial charge in [-0.25, -0.2) is 0 Å². The fourth-order valence-electron chi connectivity index (χ4n) is 0.842. The van der Waals surface area contributed by atoms with E-state index in [4.69, 9.17) is 10.2 Å². The highest BCUT2D eigenvalue weighted by Crippen LogP contribution is 2.25. The van der Waals surface area contributed by atoms with Crippen LogP contribution in [-0.4, -0.2) is 11.7 Å². The van der Waals surface area contributed by atoms with Crippen LogP contribution >= 0.6 is 15.9 Å². The molecule has 1 aromatic heterocycles. The molecule has 0 amide bonds. The van der Waals surface area contributed by atoms with Crippen molar-refractivity contribution in [2.45, 2.75) is 12.5 Å². The van der Waals surface area contributed by atoms with Crippen molar-refractivity contribution in [2.24, 2.45) is 5.73 Å². The van der Waals surface area contributed by atoms with Gasteiger partial charge in [-0.3, -0.25) is 0 Å². The van der Waals surface area contributed by atoms with Crippen molar-refractivity contribution in [2.75, 3.05) is 6.54 Å². The smallest absolute Gasteiger partial charge is 0.105 e. The maximum Gasteiger partial charge on any atom is 0.105 e. The third-order valence-electron chi connectivity index (χ3n) is 1.44. The average molecular weight is 220 g/mol. The number of aliphatic hydroxyl groups is 1. The van der Waals surface area contributed by atoms with E-state index in [1.54, 1.807) is 0 Å². The monoisotopic (exact) mass is 219 g/mol. The third kappa shape index (κ3) is 2.05. The normalized spacial score (nSPS) is 13.4. The Morgan fingerprint density at radius 2 is 2.36 bits per heavy atom. The molecule has 11 heavy (non-hydrogen) atoms. The lowest BCUT2D eigenvalue weighted by molar-refractivity contribution is 0.169.